The summed E-state index contributed by atoms with van der Waals surface area (Å²) in [4.78, 5) is 24.8. The van der Waals surface area contributed by atoms with E-state index >= 15 is 0 Å². The quantitative estimate of drug-likeness (QED) is 0.695. The van der Waals surface area contributed by atoms with Gasteiger partial charge in [0.15, 0.2) is 0 Å². The number of amides is 2. The van der Waals surface area contributed by atoms with Crippen LogP contribution >= 0.6 is 0 Å². The largest absolute Gasteiger partial charge is 0.353 e. The van der Waals surface area contributed by atoms with E-state index in [0.717, 1.165) is 25.7 Å². The number of carbonyl (C=O) groups excluding carboxylic acids is 2. The van der Waals surface area contributed by atoms with Crippen LogP contribution in [0, 0.1) is 5.92 Å². The highest BCUT2D eigenvalue weighted by Gasteiger charge is 2.21. The van der Waals surface area contributed by atoms with Crippen molar-refractivity contribution in [2.75, 3.05) is 26.2 Å². The third-order valence-corrected chi connectivity index (χ3v) is 3.43. The lowest BCUT2D eigenvalue weighted by molar-refractivity contribution is -0.138. The summed E-state index contributed by atoms with van der Waals surface area (Å²) < 4.78 is 0. The maximum atomic E-state index is 12.0. The predicted molar refractivity (Wildman–Crippen MR) is 70.9 cm³/mol. The highest BCUT2D eigenvalue weighted by molar-refractivity contribution is 5.85. The summed E-state index contributed by atoms with van der Waals surface area (Å²) in [6.07, 6.45) is 4.68. The van der Waals surface area contributed by atoms with Gasteiger partial charge in [0.25, 0.3) is 0 Å². The van der Waals surface area contributed by atoms with Crippen molar-refractivity contribution in [3.63, 3.8) is 0 Å². The Morgan fingerprint density at radius 1 is 1.44 bits per heavy atom. The van der Waals surface area contributed by atoms with E-state index in [-0.39, 0.29) is 18.4 Å². The molecule has 0 bridgehead atoms. The number of rotatable bonds is 7. The van der Waals surface area contributed by atoms with Crippen molar-refractivity contribution in [1.29, 1.82) is 0 Å². The second-order valence-electron chi connectivity index (χ2n) is 4.94. The van der Waals surface area contributed by atoms with Gasteiger partial charge in [-0.3, -0.25) is 9.59 Å². The summed E-state index contributed by atoms with van der Waals surface area (Å²) in [7, 11) is 0. The number of carbonyl (C=O) groups is 2. The van der Waals surface area contributed by atoms with Crippen LogP contribution in [-0.2, 0) is 9.59 Å². The van der Waals surface area contributed by atoms with E-state index in [4.69, 9.17) is 5.73 Å². The number of hydrogen-bond acceptors (Lipinski definition) is 3. The average Bonchev–Trinajstić information content (AvgIpc) is 2.36. The first-order valence-electron chi connectivity index (χ1n) is 6.92. The molecule has 3 N–H and O–H groups in total. The molecule has 0 aromatic carbocycles. The Balaban J connectivity index is 2.31. The van der Waals surface area contributed by atoms with Crippen LogP contribution in [0.1, 0.15) is 39.0 Å². The van der Waals surface area contributed by atoms with E-state index in [0.29, 0.717) is 32.0 Å². The topological polar surface area (TPSA) is 75.4 Å². The Labute approximate surface area is 109 Å². The normalized spacial score (nSPS) is 17.4. The van der Waals surface area contributed by atoms with Crippen molar-refractivity contribution in [1.82, 2.24) is 10.2 Å². The van der Waals surface area contributed by atoms with Crippen molar-refractivity contribution in [3.8, 4) is 0 Å². The van der Waals surface area contributed by atoms with Crippen molar-refractivity contribution in [3.05, 3.63) is 0 Å². The van der Waals surface area contributed by atoms with Crippen LogP contribution in [0.5, 0.6) is 0 Å². The minimum atomic E-state index is -0.0540. The molecule has 0 spiro atoms. The lowest BCUT2D eigenvalue weighted by atomic mass is 9.94. The van der Waals surface area contributed by atoms with Gasteiger partial charge >= 0.3 is 0 Å². The molecule has 104 valence electrons. The number of nitrogens with zero attached hydrogens (tertiary/aromatic N) is 1. The second kappa shape index (κ2) is 8.08. The Bertz CT molecular complexity index is 275. The average molecular weight is 255 g/mol. The van der Waals surface area contributed by atoms with Crippen LogP contribution < -0.4 is 11.1 Å². The highest BCUT2D eigenvalue weighted by Crippen LogP contribution is 2.17. The third-order valence-electron chi connectivity index (χ3n) is 3.43. The van der Waals surface area contributed by atoms with Crippen LogP contribution in [0.2, 0.25) is 0 Å². The van der Waals surface area contributed by atoms with Crippen LogP contribution in [0.3, 0.4) is 0 Å². The third kappa shape index (κ3) is 5.04. The van der Waals surface area contributed by atoms with E-state index in [1.165, 1.54) is 0 Å². The monoisotopic (exact) mass is 255 g/mol. The Hall–Kier alpha value is -1.10. The van der Waals surface area contributed by atoms with Gasteiger partial charge < -0.3 is 16.0 Å². The SMILES string of the molecule is CCCC(CCN)CCC(=O)N1CCNC(=O)C1. The van der Waals surface area contributed by atoms with Crippen LogP contribution in [0.4, 0.5) is 0 Å². The Morgan fingerprint density at radius 3 is 2.83 bits per heavy atom. The maximum Gasteiger partial charge on any atom is 0.239 e. The molecule has 1 atom stereocenters. The van der Waals surface area contributed by atoms with Gasteiger partial charge in [-0.2, -0.15) is 0 Å². The fourth-order valence-electron chi connectivity index (χ4n) is 2.41. The first kappa shape index (κ1) is 15.0. The lowest BCUT2D eigenvalue weighted by Crippen LogP contribution is -2.50. The Kier molecular flexibility index (Phi) is 6.72. The van der Waals surface area contributed by atoms with Crippen molar-refractivity contribution < 1.29 is 9.59 Å². The molecule has 1 heterocycles. The summed E-state index contributed by atoms with van der Waals surface area (Å²) >= 11 is 0. The number of hydrogen-bond donors (Lipinski definition) is 2. The van der Waals surface area contributed by atoms with Crippen molar-refractivity contribution in [2.24, 2.45) is 11.7 Å². The number of piperazine rings is 1. The molecule has 18 heavy (non-hydrogen) atoms. The summed E-state index contributed by atoms with van der Waals surface area (Å²) in [5, 5.41) is 2.72. The van der Waals surface area contributed by atoms with Crippen LogP contribution in [0.15, 0.2) is 0 Å². The zero-order chi connectivity index (χ0) is 13.4. The molecule has 1 unspecified atom stereocenters. The fourth-order valence-corrected chi connectivity index (χ4v) is 2.41. The van der Waals surface area contributed by atoms with Gasteiger partial charge in [0, 0.05) is 19.5 Å². The molecule has 0 saturated carbocycles. The Morgan fingerprint density at radius 2 is 2.22 bits per heavy atom. The summed E-state index contributed by atoms with van der Waals surface area (Å²) in [6.45, 7) is 4.27. The van der Waals surface area contributed by atoms with Gasteiger partial charge in [-0.25, -0.2) is 0 Å². The van der Waals surface area contributed by atoms with Crippen LogP contribution in [-0.4, -0.2) is 42.9 Å². The molecule has 5 heteroatoms. The van der Waals surface area contributed by atoms with E-state index < -0.39 is 0 Å². The van der Waals surface area contributed by atoms with Crippen molar-refractivity contribution in [2.45, 2.75) is 39.0 Å². The highest BCUT2D eigenvalue weighted by atomic mass is 16.2. The standard InChI is InChI=1S/C13H25N3O2/c1-2-3-11(6-7-14)4-5-13(18)16-9-8-15-12(17)10-16/h11H,2-10,14H2,1H3,(H,15,17). The molecule has 2 amide bonds. The van der Waals surface area contributed by atoms with E-state index in [2.05, 4.69) is 12.2 Å². The molecule has 5 nitrogen and oxygen atoms in total. The van der Waals surface area contributed by atoms with E-state index in [1.807, 2.05) is 0 Å². The molecule has 1 saturated heterocycles. The first-order valence-corrected chi connectivity index (χ1v) is 6.92. The summed E-state index contributed by atoms with van der Waals surface area (Å²) in [5.74, 6) is 0.590. The van der Waals surface area contributed by atoms with E-state index in [1.54, 1.807) is 4.90 Å². The predicted octanol–water partition coefficient (Wildman–Crippen LogP) is 0.490. The molecule has 1 aliphatic heterocycles. The first-order chi connectivity index (χ1) is 8.67. The van der Waals surface area contributed by atoms with Gasteiger partial charge in [-0.1, -0.05) is 19.8 Å². The lowest BCUT2D eigenvalue weighted by Gasteiger charge is -2.27. The molecule has 1 aliphatic rings. The van der Waals surface area contributed by atoms with Gasteiger partial charge in [0.05, 0.1) is 6.54 Å². The fraction of sp³-hybridized carbons (Fsp3) is 0.846. The van der Waals surface area contributed by atoms with Crippen molar-refractivity contribution >= 4 is 11.8 Å². The number of nitrogens with two attached hydrogens (primary N) is 1. The number of nitrogens with one attached hydrogen (secondary N) is 1. The second-order valence-corrected chi connectivity index (χ2v) is 4.94. The molecule has 0 aromatic rings. The maximum absolute atomic E-state index is 12.0. The van der Waals surface area contributed by atoms with Crippen LogP contribution in [0.25, 0.3) is 0 Å². The summed E-state index contributed by atoms with van der Waals surface area (Å²) in [5.41, 5.74) is 5.58. The van der Waals surface area contributed by atoms with Gasteiger partial charge in [0.2, 0.25) is 11.8 Å². The molecule has 0 aliphatic carbocycles. The zero-order valence-corrected chi connectivity index (χ0v) is 11.3. The van der Waals surface area contributed by atoms with Gasteiger partial charge in [-0.05, 0) is 25.3 Å². The molecule has 1 rings (SSSR count). The molecule has 1 fully saturated rings. The minimum absolute atomic E-state index is 0.0540. The van der Waals surface area contributed by atoms with Gasteiger partial charge in [-0.15, -0.1) is 0 Å². The molecule has 0 radical (unpaired) electrons. The minimum Gasteiger partial charge on any atom is -0.353 e. The summed E-state index contributed by atoms with van der Waals surface area (Å²) in [6, 6.07) is 0. The molecule has 0 aromatic heterocycles. The molecular formula is C13H25N3O2. The molecular weight excluding hydrogens is 230 g/mol. The van der Waals surface area contributed by atoms with Gasteiger partial charge in [0.1, 0.15) is 0 Å². The van der Waals surface area contributed by atoms with E-state index in [9.17, 15) is 9.59 Å². The smallest absolute Gasteiger partial charge is 0.239 e. The zero-order valence-electron chi connectivity index (χ0n) is 11.3.